The zero-order valence-corrected chi connectivity index (χ0v) is 12.8. The lowest BCUT2D eigenvalue weighted by Crippen LogP contribution is -2.22. The van der Waals surface area contributed by atoms with Gasteiger partial charge in [-0.05, 0) is 5.56 Å². The van der Waals surface area contributed by atoms with Crippen LogP contribution in [-0.4, -0.2) is 9.85 Å². The Morgan fingerprint density at radius 2 is 1.22 bits per heavy atom. The Bertz CT molecular complexity index is 925. The summed E-state index contributed by atoms with van der Waals surface area (Å²) in [6.07, 6.45) is -11.7. The van der Waals surface area contributed by atoms with Gasteiger partial charge in [-0.3, -0.25) is 20.2 Å². The second-order valence-corrected chi connectivity index (χ2v) is 5.11. The van der Waals surface area contributed by atoms with Gasteiger partial charge in [0.2, 0.25) is 0 Å². The second kappa shape index (κ2) is 6.41. The number of alkyl halides is 6. The fourth-order valence-corrected chi connectivity index (χ4v) is 2.57. The van der Waals surface area contributed by atoms with Crippen LogP contribution < -0.4 is 5.73 Å². The summed E-state index contributed by atoms with van der Waals surface area (Å²) in [5.74, 6) is 0. The Labute approximate surface area is 145 Å². The molecule has 2 aromatic rings. The van der Waals surface area contributed by atoms with Crippen molar-refractivity contribution in [2.24, 2.45) is 0 Å². The fraction of sp³-hybridized carbons (Fsp3) is 0.143. The summed E-state index contributed by atoms with van der Waals surface area (Å²) in [5, 5.41) is 22.3. The normalized spacial score (nSPS) is 12.1. The van der Waals surface area contributed by atoms with Crippen LogP contribution in [0.5, 0.6) is 0 Å². The summed E-state index contributed by atoms with van der Waals surface area (Å²) in [5.41, 5.74) is -7.64. The van der Waals surface area contributed by atoms with E-state index >= 15 is 0 Å². The van der Waals surface area contributed by atoms with Gasteiger partial charge in [0.1, 0.15) is 5.56 Å². The average Bonchev–Trinajstić information content (AvgIpc) is 2.51. The Hall–Kier alpha value is -3.38. The molecule has 2 N–H and O–H groups in total. The van der Waals surface area contributed by atoms with Crippen LogP contribution in [0.25, 0.3) is 11.1 Å². The number of halogens is 6. The van der Waals surface area contributed by atoms with Gasteiger partial charge < -0.3 is 5.73 Å². The predicted molar refractivity (Wildman–Crippen MR) is 79.6 cm³/mol. The van der Waals surface area contributed by atoms with Crippen molar-refractivity contribution in [3.63, 3.8) is 0 Å². The number of nitro groups is 2. The van der Waals surface area contributed by atoms with Gasteiger partial charge in [-0.15, -0.1) is 0 Å². The summed E-state index contributed by atoms with van der Waals surface area (Å²) >= 11 is 0. The zero-order valence-electron chi connectivity index (χ0n) is 12.8. The molecular formula is C14H7F6N3O4. The number of hydrogen-bond donors (Lipinski definition) is 1. The summed E-state index contributed by atoms with van der Waals surface area (Å²) in [4.78, 5) is 19.0. The number of nitro benzene ring substituents is 2. The Kier molecular flexibility index (Phi) is 4.73. The lowest BCUT2D eigenvalue weighted by Gasteiger charge is -2.20. The van der Waals surface area contributed by atoms with Crippen LogP contribution in [0.4, 0.5) is 43.4 Å². The minimum absolute atomic E-state index is 0.608. The number of hydrogen-bond acceptors (Lipinski definition) is 5. The number of anilines is 1. The first-order valence-corrected chi connectivity index (χ1v) is 6.76. The van der Waals surface area contributed by atoms with E-state index in [1.807, 2.05) is 0 Å². The highest BCUT2D eigenvalue weighted by Gasteiger charge is 2.54. The molecule has 2 rings (SSSR count). The van der Waals surface area contributed by atoms with Crippen molar-refractivity contribution in [3.8, 4) is 11.1 Å². The lowest BCUT2D eigenvalue weighted by atomic mass is 9.90. The van der Waals surface area contributed by atoms with Crippen molar-refractivity contribution < 1.29 is 36.2 Å². The molecule has 2 aromatic carbocycles. The van der Waals surface area contributed by atoms with E-state index in [2.05, 4.69) is 0 Å². The van der Waals surface area contributed by atoms with Crippen LogP contribution in [0.3, 0.4) is 0 Å². The minimum Gasteiger partial charge on any atom is -0.387 e. The van der Waals surface area contributed by atoms with Gasteiger partial charge in [0.25, 0.3) is 0 Å². The Morgan fingerprint density at radius 3 is 1.59 bits per heavy atom. The molecule has 0 aromatic heterocycles. The van der Waals surface area contributed by atoms with Crippen LogP contribution in [0.1, 0.15) is 11.1 Å². The van der Waals surface area contributed by atoms with E-state index in [4.69, 9.17) is 5.73 Å². The SMILES string of the molecule is Nc1c([N+](=O)[O-])c(-c2ccccc2)c(C(F)(F)F)c(C(F)(F)F)c1[N+](=O)[O-]. The molecule has 0 atom stereocenters. The third-order valence-electron chi connectivity index (χ3n) is 3.48. The molecule has 0 saturated carbocycles. The lowest BCUT2D eigenvalue weighted by molar-refractivity contribution is -0.394. The van der Waals surface area contributed by atoms with Crippen LogP contribution in [0, 0.1) is 20.2 Å². The molecule has 144 valence electrons. The molecule has 0 aliphatic heterocycles. The Balaban J connectivity index is 3.27. The molecule has 0 saturated heterocycles. The summed E-state index contributed by atoms with van der Waals surface area (Å²) in [6.45, 7) is 0. The zero-order chi connectivity index (χ0) is 20.7. The molecule has 0 amide bonds. The average molecular weight is 395 g/mol. The van der Waals surface area contributed by atoms with Crippen molar-refractivity contribution in [1.82, 2.24) is 0 Å². The van der Waals surface area contributed by atoms with E-state index in [-0.39, 0.29) is 0 Å². The smallest absolute Gasteiger partial charge is 0.387 e. The number of rotatable bonds is 3. The van der Waals surface area contributed by atoms with Gasteiger partial charge in [-0.1, -0.05) is 30.3 Å². The molecule has 0 radical (unpaired) electrons. The van der Waals surface area contributed by atoms with Gasteiger partial charge in [0.15, 0.2) is 5.69 Å². The standard InChI is InChI=1S/C14H7F6N3O4/c15-13(16,17)8-7(6-4-2-1-3-5-6)11(22(24)25)10(21)12(23(26)27)9(8)14(18,19)20/h1-5H,21H2. The highest BCUT2D eigenvalue weighted by molar-refractivity contribution is 5.91. The number of nitrogens with zero attached hydrogens (tertiary/aromatic N) is 2. The first kappa shape index (κ1) is 19.9. The van der Waals surface area contributed by atoms with Gasteiger partial charge >= 0.3 is 23.7 Å². The summed E-state index contributed by atoms with van der Waals surface area (Å²) in [6, 6.07) is 5.35. The van der Waals surface area contributed by atoms with Crippen LogP contribution in [0.2, 0.25) is 0 Å². The fourth-order valence-electron chi connectivity index (χ4n) is 2.57. The molecule has 0 aliphatic carbocycles. The molecule has 27 heavy (non-hydrogen) atoms. The first-order valence-electron chi connectivity index (χ1n) is 6.76. The molecule has 0 fully saturated rings. The topological polar surface area (TPSA) is 112 Å². The number of benzene rings is 2. The predicted octanol–water partition coefficient (Wildman–Crippen LogP) is 4.79. The van der Waals surface area contributed by atoms with Gasteiger partial charge in [0.05, 0.1) is 21.0 Å². The van der Waals surface area contributed by atoms with Crippen LogP contribution in [0.15, 0.2) is 30.3 Å². The third-order valence-corrected chi connectivity index (χ3v) is 3.48. The number of nitrogen functional groups attached to an aromatic ring is 1. The number of nitrogens with two attached hydrogens (primary N) is 1. The maximum atomic E-state index is 13.6. The van der Waals surface area contributed by atoms with E-state index in [9.17, 15) is 46.6 Å². The molecule has 13 heteroatoms. The molecule has 0 unspecified atom stereocenters. The van der Waals surface area contributed by atoms with Gasteiger partial charge in [-0.25, -0.2) is 0 Å². The molecule has 0 spiro atoms. The van der Waals surface area contributed by atoms with E-state index in [1.54, 1.807) is 0 Å². The highest BCUT2D eigenvalue weighted by atomic mass is 19.4. The minimum atomic E-state index is -5.86. The maximum absolute atomic E-state index is 13.6. The van der Waals surface area contributed by atoms with Crippen molar-refractivity contribution in [1.29, 1.82) is 0 Å². The van der Waals surface area contributed by atoms with E-state index in [1.165, 1.54) is 6.07 Å². The first-order chi connectivity index (χ1) is 12.3. The monoisotopic (exact) mass is 395 g/mol. The second-order valence-electron chi connectivity index (χ2n) is 5.11. The van der Waals surface area contributed by atoms with E-state index in [0.29, 0.717) is 0 Å². The van der Waals surface area contributed by atoms with Crippen molar-refractivity contribution in [2.45, 2.75) is 12.4 Å². The van der Waals surface area contributed by atoms with Crippen LogP contribution >= 0.6 is 0 Å². The van der Waals surface area contributed by atoms with Crippen LogP contribution in [-0.2, 0) is 12.4 Å². The van der Waals surface area contributed by atoms with Gasteiger partial charge in [-0.2, -0.15) is 26.3 Å². The van der Waals surface area contributed by atoms with E-state index < -0.39 is 61.5 Å². The van der Waals surface area contributed by atoms with Gasteiger partial charge in [0, 0.05) is 0 Å². The maximum Gasteiger partial charge on any atom is 0.423 e. The summed E-state index contributed by atoms with van der Waals surface area (Å²) < 4.78 is 80.8. The Morgan fingerprint density at radius 1 is 0.778 bits per heavy atom. The molecule has 0 heterocycles. The molecule has 0 aliphatic rings. The molecule has 7 nitrogen and oxygen atoms in total. The van der Waals surface area contributed by atoms with Crippen molar-refractivity contribution >= 4 is 17.1 Å². The highest BCUT2D eigenvalue weighted by Crippen LogP contribution is 2.55. The quantitative estimate of drug-likeness (QED) is 0.348. The largest absolute Gasteiger partial charge is 0.423 e. The summed E-state index contributed by atoms with van der Waals surface area (Å²) in [7, 11) is 0. The van der Waals surface area contributed by atoms with Crippen molar-refractivity contribution in [2.75, 3.05) is 5.73 Å². The van der Waals surface area contributed by atoms with E-state index in [0.717, 1.165) is 24.3 Å². The molecule has 0 bridgehead atoms. The molecular weight excluding hydrogens is 388 g/mol. The third kappa shape index (κ3) is 3.47. The van der Waals surface area contributed by atoms with Crippen molar-refractivity contribution in [3.05, 3.63) is 61.7 Å².